The Balaban J connectivity index is 1.46. The van der Waals surface area contributed by atoms with Gasteiger partial charge in [0.05, 0.1) is 17.3 Å². The van der Waals surface area contributed by atoms with Gasteiger partial charge in [0.1, 0.15) is 0 Å². The molecule has 3 N–H and O–H groups in total. The van der Waals surface area contributed by atoms with E-state index < -0.39 is 0 Å². The van der Waals surface area contributed by atoms with Gasteiger partial charge in [-0.1, -0.05) is 0 Å². The number of carbonyl (C=O) groups is 2. The molecule has 0 saturated carbocycles. The number of rotatable bonds is 6. The number of anilines is 2. The molecule has 0 aliphatic carbocycles. The summed E-state index contributed by atoms with van der Waals surface area (Å²) in [6.07, 6.45) is 4.40. The number of nitrogens with zero attached hydrogens (tertiary/aromatic N) is 4. The number of aromatic nitrogens is 2. The molecule has 9 nitrogen and oxygen atoms in total. The molecule has 4 rings (SSSR count). The fraction of sp³-hybridized carbons (Fsp3) is 0.579. The third kappa shape index (κ3) is 3.94. The molecule has 2 aromatic rings. The van der Waals surface area contributed by atoms with Crippen LogP contribution in [0.2, 0.25) is 0 Å². The van der Waals surface area contributed by atoms with Crippen LogP contribution in [0.15, 0.2) is 16.8 Å². The third-order valence-corrected chi connectivity index (χ3v) is 5.65. The molecule has 0 spiro atoms. The molecule has 1 atom stereocenters. The lowest BCUT2D eigenvalue weighted by molar-refractivity contribution is -0.121. The van der Waals surface area contributed by atoms with Gasteiger partial charge in [0.25, 0.3) is 0 Å². The van der Waals surface area contributed by atoms with Gasteiger partial charge in [0, 0.05) is 32.6 Å². The fourth-order valence-corrected chi connectivity index (χ4v) is 4.14. The zero-order chi connectivity index (χ0) is 19.5. The van der Waals surface area contributed by atoms with Crippen molar-refractivity contribution in [3.63, 3.8) is 0 Å². The van der Waals surface area contributed by atoms with E-state index in [0.717, 1.165) is 38.2 Å². The van der Waals surface area contributed by atoms with E-state index in [0.29, 0.717) is 36.2 Å². The summed E-state index contributed by atoms with van der Waals surface area (Å²) >= 11 is 0. The van der Waals surface area contributed by atoms with Gasteiger partial charge >= 0.3 is 0 Å². The lowest BCUT2D eigenvalue weighted by Gasteiger charge is -2.31. The van der Waals surface area contributed by atoms with Gasteiger partial charge < -0.3 is 20.9 Å². The molecule has 2 fully saturated rings. The van der Waals surface area contributed by atoms with Gasteiger partial charge in [-0.3, -0.25) is 9.59 Å². The minimum atomic E-state index is -0.314. The molecule has 1 unspecified atom stereocenters. The summed E-state index contributed by atoms with van der Waals surface area (Å²) in [7, 11) is 0. The molecule has 2 aliphatic heterocycles. The summed E-state index contributed by atoms with van der Waals surface area (Å²) in [5, 5.41) is 11.1. The van der Waals surface area contributed by atoms with Gasteiger partial charge in [0.2, 0.25) is 11.8 Å². The van der Waals surface area contributed by atoms with Crippen LogP contribution in [0, 0.1) is 5.92 Å². The first-order valence-corrected chi connectivity index (χ1v) is 9.93. The van der Waals surface area contributed by atoms with Crippen molar-refractivity contribution in [1.29, 1.82) is 0 Å². The highest BCUT2D eigenvalue weighted by molar-refractivity contribution is 6.03. The van der Waals surface area contributed by atoms with Crippen LogP contribution in [0.3, 0.4) is 0 Å². The Kier molecular flexibility index (Phi) is 5.43. The summed E-state index contributed by atoms with van der Waals surface area (Å²) in [5.41, 5.74) is 8.13. The Morgan fingerprint density at radius 1 is 1.14 bits per heavy atom. The van der Waals surface area contributed by atoms with E-state index in [1.54, 1.807) is 0 Å². The fourth-order valence-electron chi connectivity index (χ4n) is 4.14. The molecular weight excluding hydrogens is 360 g/mol. The largest absolute Gasteiger partial charge is 0.370 e. The van der Waals surface area contributed by atoms with Crippen LogP contribution in [-0.4, -0.2) is 59.8 Å². The number of likely N-dealkylation sites (tertiary alicyclic amines) is 1. The monoisotopic (exact) mass is 386 g/mol. The van der Waals surface area contributed by atoms with Crippen LogP contribution < -0.4 is 16.0 Å². The van der Waals surface area contributed by atoms with E-state index in [1.165, 1.54) is 12.8 Å². The van der Waals surface area contributed by atoms with E-state index in [4.69, 9.17) is 10.4 Å². The normalized spacial score (nSPS) is 20.6. The second-order valence-corrected chi connectivity index (χ2v) is 7.63. The van der Waals surface area contributed by atoms with E-state index in [2.05, 4.69) is 25.4 Å². The summed E-state index contributed by atoms with van der Waals surface area (Å²) in [5.74, 6) is -0.484. The quantitative estimate of drug-likeness (QED) is 0.769. The first-order chi connectivity index (χ1) is 13.6. The standard InChI is InChI=1S/C19H26N6O3/c20-16(26)7-11-24-8-3-4-13(12-24)19(27)21-14-5-6-15(25-9-1-2-10-25)18-17(14)22-28-23-18/h5-6,13H,1-4,7-12H2,(H2,20,26)(H,21,27). The summed E-state index contributed by atoms with van der Waals surface area (Å²) in [4.78, 5) is 28.3. The predicted molar refractivity (Wildman–Crippen MR) is 105 cm³/mol. The number of hydrogen-bond acceptors (Lipinski definition) is 7. The van der Waals surface area contributed by atoms with Crippen molar-refractivity contribution in [3.8, 4) is 0 Å². The van der Waals surface area contributed by atoms with Crippen molar-refractivity contribution >= 4 is 34.2 Å². The molecule has 0 bridgehead atoms. The number of nitrogens with two attached hydrogens (primary N) is 1. The van der Waals surface area contributed by atoms with Gasteiger partial charge in [0.15, 0.2) is 11.0 Å². The van der Waals surface area contributed by atoms with Crippen LogP contribution in [0.5, 0.6) is 0 Å². The number of carbonyl (C=O) groups excluding carboxylic acids is 2. The number of piperidine rings is 1. The zero-order valence-electron chi connectivity index (χ0n) is 15.9. The first-order valence-electron chi connectivity index (χ1n) is 9.93. The molecule has 2 amide bonds. The lowest BCUT2D eigenvalue weighted by Crippen LogP contribution is -2.41. The maximum absolute atomic E-state index is 12.8. The van der Waals surface area contributed by atoms with Crippen molar-refractivity contribution in [2.24, 2.45) is 11.7 Å². The number of nitrogens with one attached hydrogen (secondary N) is 1. The van der Waals surface area contributed by atoms with Crippen molar-refractivity contribution in [2.45, 2.75) is 32.1 Å². The Morgan fingerprint density at radius 3 is 2.71 bits per heavy atom. The molecule has 0 radical (unpaired) electrons. The predicted octanol–water partition coefficient (Wildman–Crippen LogP) is 1.35. The number of benzene rings is 1. The highest BCUT2D eigenvalue weighted by Gasteiger charge is 2.27. The van der Waals surface area contributed by atoms with Gasteiger partial charge in [-0.15, -0.1) is 0 Å². The summed E-state index contributed by atoms with van der Waals surface area (Å²) in [6, 6.07) is 3.86. The lowest BCUT2D eigenvalue weighted by atomic mass is 9.96. The van der Waals surface area contributed by atoms with Crippen LogP contribution in [-0.2, 0) is 9.59 Å². The molecule has 3 heterocycles. The Morgan fingerprint density at radius 2 is 1.93 bits per heavy atom. The SMILES string of the molecule is NC(=O)CCN1CCCC(C(=O)Nc2ccc(N3CCCC3)c3nonc23)C1. The average Bonchev–Trinajstić information content (AvgIpc) is 3.39. The minimum absolute atomic E-state index is 0.0398. The number of fused-ring (bicyclic) bond motifs is 1. The maximum atomic E-state index is 12.8. The van der Waals surface area contributed by atoms with E-state index in [9.17, 15) is 9.59 Å². The topological polar surface area (TPSA) is 118 Å². The van der Waals surface area contributed by atoms with E-state index in [1.807, 2.05) is 12.1 Å². The van der Waals surface area contributed by atoms with E-state index in [-0.39, 0.29) is 17.7 Å². The summed E-state index contributed by atoms with van der Waals surface area (Å²) < 4.78 is 4.97. The minimum Gasteiger partial charge on any atom is -0.370 e. The average molecular weight is 386 g/mol. The van der Waals surface area contributed by atoms with Gasteiger partial charge in [-0.2, -0.15) is 0 Å². The Labute approximate surface area is 163 Å². The number of hydrogen-bond donors (Lipinski definition) is 2. The zero-order valence-corrected chi connectivity index (χ0v) is 15.9. The molecule has 9 heteroatoms. The summed E-state index contributed by atoms with van der Waals surface area (Å²) in [6.45, 7) is 4.11. The molecular formula is C19H26N6O3. The van der Waals surface area contributed by atoms with Crippen molar-refractivity contribution in [1.82, 2.24) is 15.2 Å². The molecule has 150 valence electrons. The van der Waals surface area contributed by atoms with Crippen LogP contribution in [0.1, 0.15) is 32.1 Å². The molecule has 1 aromatic carbocycles. The van der Waals surface area contributed by atoms with Gasteiger partial charge in [-0.25, -0.2) is 4.63 Å². The Bertz CT molecular complexity index is 860. The van der Waals surface area contributed by atoms with Gasteiger partial charge in [-0.05, 0) is 54.7 Å². The second kappa shape index (κ2) is 8.14. The number of primary amides is 1. The Hall–Kier alpha value is -2.68. The highest BCUT2D eigenvalue weighted by atomic mass is 16.6. The third-order valence-electron chi connectivity index (χ3n) is 5.65. The van der Waals surface area contributed by atoms with Crippen molar-refractivity contribution < 1.29 is 14.2 Å². The molecule has 1 aromatic heterocycles. The second-order valence-electron chi connectivity index (χ2n) is 7.63. The van der Waals surface area contributed by atoms with Crippen LogP contribution in [0.25, 0.3) is 11.0 Å². The van der Waals surface area contributed by atoms with Crippen LogP contribution in [0.4, 0.5) is 11.4 Å². The molecule has 2 aliphatic rings. The highest BCUT2D eigenvalue weighted by Crippen LogP contribution is 2.32. The molecule has 28 heavy (non-hydrogen) atoms. The van der Waals surface area contributed by atoms with Crippen LogP contribution >= 0.6 is 0 Å². The van der Waals surface area contributed by atoms with E-state index >= 15 is 0 Å². The first kappa shape index (κ1) is 18.7. The maximum Gasteiger partial charge on any atom is 0.228 e. The number of amides is 2. The smallest absolute Gasteiger partial charge is 0.228 e. The molecule has 2 saturated heterocycles. The van der Waals surface area contributed by atoms with Crippen molar-refractivity contribution in [2.75, 3.05) is 42.9 Å². The van der Waals surface area contributed by atoms with Crippen molar-refractivity contribution in [3.05, 3.63) is 12.1 Å².